The number of nitrogens with zero attached hydrogens (tertiary/aromatic N) is 3. The number of oxazole rings is 1. The Labute approximate surface area is 180 Å². The van der Waals surface area contributed by atoms with E-state index in [2.05, 4.69) is 15.3 Å². The van der Waals surface area contributed by atoms with Gasteiger partial charge in [-0.1, -0.05) is 35.3 Å². The zero-order valence-corrected chi connectivity index (χ0v) is 17.2. The third-order valence-corrected chi connectivity index (χ3v) is 5.00. The van der Waals surface area contributed by atoms with Crippen molar-refractivity contribution >= 4 is 34.8 Å². The minimum atomic E-state index is -0.561. The van der Waals surface area contributed by atoms with Crippen molar-refractivity contribution in [3.8, 4) is 11.5 Å². The Morgan fingerprint density at radius 3 is 2.73 bits per heavy atom. The van der Waals surface area contributed by atoms with Crippen molar-refractivity contribution in [1.82, 2.24) is 14.5 Å². The van der Waals surface area contributed by atoms with E-state index in [1.165, 1.54) is 24.6 Å². The molecular weight excluding hydrogens is 430 g/mol. The van der Waals surface area contributed by atoms with Crippen molar-refractivity contribution in [2.45, 2.75) is 13.5 Å². The van der Waals surface area contributed by atoms with Crippen molar-refractivity contribution in [2.24, 2.45) is 0 Å². The van der Waals surface area contributed by atoms with Gasteiger partial charge in [-0.15, -0.1) is 0 Å². The third kappa shape index (κ3) is 4.22. The molecule has 2 heterocycles. The Morgan fingerprint density at radius 2 is 2.00 bits per heavy atom. The topological polar surface area (TPSA) is 73.0 Å². The Balaban J connectivity index is 1.72. The summed E-state index contributed by atoms with van der Waals surface area (Å²) in [5, 5.41) is 3.16. The summed E-state index contributed by atoms with van der Waals surface area (Å²) in [6.45, 7) is 2.19. The van der Waals surface area contributed by atoms with Gasteiger partial charge in [0.1, 0.15) is 17.1 Å². The first-order valence-electron chi connectivity index (χ1n) is 8.89. The fourth-order valence-electron chi connectivity index (χ4n) is 2.90. The molecule has 0 saturated heterocycles. The maximum atomic E-state index is 13.5. The van der Waals surface area contributed by atoms with Crippen LogP contribution >= 0.6 is 23.2 Å². The maximum absolute atomic E-state index is 13.5. The molecule has 152 valence electrons. The lowest BCUT2D eigenvalue weighted by molar-refractivity contribution is 0.574. The van der Waals surface area contributed by atoms with Gasteiger partial charge in [0.05, 0.1) is 17.8 Å². The monoisotopic (exact) mass is 444 g/mol. The summed E-state index contributed by atoms with van der Waals surface area (Å²) in [4.78, 5) is 20.3. The molecular formula is C21H15Cl2FN4O2. The van der Waals surface area contributed by atoms with Crippen LogP contribution in [-0.4, -0.2) is 14.5 Å². The number of halogens is 3. The largest absolute Gasteiger partial charge is 0.445 e. The van der Waals surface area contributed by atoms with Crippen LogP contribution in [0.5, 0.6) is 0 Å². The standard InChI is InChI=1S/C21H15Cl2FN4O2/c1-12-2-4-14(20-25-6-7-30-20)9-18(12)26-21-27-19(29)16(23)11-28(21)10-13-3-5-17(24)15(22)8-13/h2-9,11H,10H2,1H3,(H,26,27,29). The normalized spacial score (nSPS) is 10.9. The second-order valence-corrected chi connectivity index (χ2v) is 7.40. The number of aryl methyl sites for hydroxylation is 1. The molecule has 0 aliphatic rings. The summed E-state index contributed by atoms with van der Waals surface area (Å²) < 4.78 is 20.5. The second-order valence-electron chi connectivity index (χ2n) is 6.59. The third-order valence-electron chi connectivity index (χ3n) is 4.45. The van der Waals surface area contributed by atoms with Crippen LogP contribution in [0.4, 0.5) is 16.0 Å². The lowest BCUT2D eigenvalue weighted by atomic mass is 10.1. The van der Waals surface area contributed by atoms with E-state index in [0.717, 1.165) is 16.7 Å². The molecule has 0 fully saturated rings. The number of benzene rings is 2. The van der Waals surface area contributed by atoms with Crippen LogP contribution in [0, 0.1) is 12.7 Å². The average Bonchev–Trinajstić information content (AvgIpc) is 3.25. The Morgan fingerprint density at radius 1 is 1.17 bits per heavy atom. The molecule has 0 atom stereocenters. The van der Waals surface area contributed by atoms with Crippen LogP contribution in [0.25, 0.3) is 11.5 Å². The van der Waals surface area contributed by atoms with Crippen LogP contribution in [0.15, 0.2) is 64.3 Å². The molecule has 2 aromatic heterocycles. The summed E-state index contributed by atoms with van der Waals surface area (Å²) in [5.74, 6) is 0.242. The van der Waals surface area contributed by atoms with Crippen LogP contribution in [-0.2, 0) is 6.54 Å². The molecule has 9 heteroatoms. The first kappa shape index (κ1) is 20.1. The van der Waals surface area contributed by atoms with E-state index < -0.39 is 11.4 Å². The van der Waals surface area contributed by atoms with Gasteiger partial charge in [0.15, 0.2) is 0 Å². The molecule has 0 bridgehead atoms. The molecule has 6 nitrogen and oxygen atoms in total. The highest BCUT2D eigenvalue weighted by molar-refractivity contribution is 6.30. The number of aromatic nitrogens is 3. The van der Waals surface area contributed by atoms with Gasteiger partial charge in [-0.05, 0) is 42.3 Å². The van der Waals surface area contributed by atoms with Gasteiger partial charge in [-0.2, -0.15) is 4.98 Å². The van der Waals surface area contributed by atoms with E-state index in [1.807, 2.05) is 25.1 Å². The van der Waals surface area contributed by atoms with E-state index >= 15 is 0 Å². The minimum Gasteiger partial charge on any atom is -0.445 e. The van der Waals surface area contributed by atoms with E-state index in [4.69, 9.17) is 27.6 Å². The van der Waals surface area contributed by atoms with Gasteiger partial charge < -0.3 is 14.3 Å². The smallest absolute Gasteiger partial charge is 0.293 e. The van der Waals surface area contributed by atoms with Crippen molar-refractivity contribution in [2.75, 3.05) is 5.32 Å². The highest BCUT2D eigenvalue weighted by atomic mass is 35.5. The molecule has 1 N–H and O–H groups in total. The van der Waals surface area contributed by atoms with Crippen LogP contribution in [0.2, 0.25) is 10.0 Å². The number of hydrogen-bond acceptors (Lipinski definition) is 5. The molecule has 0 radical (unpaired) electrons. The minimum absolute atomic E-state index is 0.0107. The van der Waals surface area contributed by atoms with Crippen molar-refractivity contribution in [1.29, 1.82) is 0 Å². The molecule has 2 aromatic carbocycles. The Hall–Kier alpha value is -3.16. The van der Waals surface area contributed by atoms with Crippen molar-refractivity contribution < 1.29 is 8.81 Å². The lowest BCUT2D eigenvalue weighted by Crippen LogP contribution is -2.18. The fraction of sp³-hybridized carbons (Fsp3) is 0.0952. The van der Waals surface area contributed by atoms with E-state index in [1.54, 1.807) is 16.8 Å². The van der Waals surface area contributed by atoms with Gasteiger partial charge in [-0.25, -0.2) is 9.37 Å². The van der Waals surface area contributed by atoms with E-state index in [9.17, 15) is 9.18 Å². The maximum Gasteiger partial charge on any atom is 0.293 e. The first-order valence-corrected chi connectivity index (χ1v) is 9.65. The summed E-state index contributed by atoms with van der Waals surface area (Å²) >= 11 is 11.9. The summed E-state index contributed by atoms with van der Waals surface area (Å²) in [7, 11) is 0. The van der Waals surface area contributed by atoms with Crippen LogP contribution in [0.1, 0.15) is 11.1 Å². The molecule has 0 aliphatic heterocycles. The summed E-state index contributed by atoms with van der Waals surface area (Å²) in [6.07, 6.45) is 4.53. The molecule has 0 unspecified atom stereocenters. The van der Waals surface area contributed by atoms with Gasteiger partial charge >= 0.3 is 0 Å². The van der Waals surface area contributed by atoms with Crippen molar-refractivity contribution in [3.05, 3.63) is 92.4 Å². The molecule has 0 amide bonds. The van der Waals surface area contributed by atoms with E-state index in [0.29, 0.717) is 11.6 Å². The average molecular weight is 445 g/mol. The zero-order valence-electron chi connectivity index (χ0n) is 15.7. The molecule has 0 saturated carbocycles. The Bertz CT molecular complexity index is 1270. The van der Waals surface area contributed by atoms with Gasteiger partial charge in [-0.3, -0.25) is 4.79 Å². The molecule has 0 aliphatic carbocycles. The highest BCUT2D eigenvalue weighted by Gasteiger charge is 2.12. The van der Waals surface area contributed by atoms with E-state index in [-0.39, 0.29) is 22.5 Å². The van der Waals surface area contributed by atoms with Crippen LogP contribution < -0.4 is 10.9 Å². The van der Waals surface area contributed by atoms with Crippen molar-refractivity contribution in [3.63, 3.8) is 0 Å². The molecule has 4 rings (SSSR count). The summed E-state index contributed by atoms with van der Waals surface area (Å²) in [6, 6.07) is 10.0. The zero-order chi connectivity index (χ0) is 21.3. The number of rotatable bonds is 5. The molecule has 30 heavy (non-hydrogen) atoms. The van der Waals surface area contributed by atoms with Gasteiger partial charge in [0.2, 0.25) is 11.8 Å². The number of hydrogen-bond donors (Lipinski definition) is 1. The SMILES string of the molecule is Cc1ccc(-c2ncco2)cc1Nc1nc(=O)c(Cl)cn1Cc1ccc(F)c(Cl)c1. The van der Waals surface area contributed by atoms with Gasteiger partial charge in [0.25, 0.3) is 5.56 Å². The number of nitrogens with one attached hydrogen (secondary N) is 1. The molecule has 4 aromatic rings. The first-order chi connectivity index (χ1) is 14.4. The summed E-state index contributed by atoms with van der Waals surface area (Å²) in [5.41, 5.74) is 2.56. The predicted octanol–water partition coefficient (Wildman–Crippen LogP) is 5.44. The Kier molecular flexibility index (Phi) is 5.57. The predicted molar refractivity (Wildman–Crippen MR) is 114 cm³/mol. The molecule has 0 spiro atoms. The number of anilines is 2. The van der Waals surface area contributed by atoms with Crippen LogP contribution in [0.3, 0.4) is 0 Å². The lowest BCUT2D eigenvalue weighted by Gasteiger charge is -2.16. The fourth-order valence-corrected chi connectivity index (χ4v) is 3.26. The highest BCUT2D eigenvalue weighted by Crippen LogP contribution is 2.27. The van der Waals surface area contributed by atoms with Gasteiger partial charge in [0, 0.05) is 17.4 Å². The second kappa shape index (κ2) is 8.30. The quantitative estimate of drug-likeness (QED) is 0.443.